The summed E-state index contributed by atoms with van der Waals surface area (Å²) in [6.07, 6.45) is 0. The van der Waals surface area contributed by atoms with Gasteiger partial charge >= 0.3 is 5.97 Å². The maximum atomic E-state index is 12.1. The van der Waals surface area contributed by atoms with Crippen LogP contribution in [0.3, 0.4) is 0 Å². The fraction of sp³-hybridized carbons (Fsp3) is 0.588. The van der Waals surface area contributed by atoms with Crippen LogP contribution in [0.25, 0.3) is 0 Å². The van der Waals surface area contributed by atoms with E-state index in [4.69, 9.17) is 4.74 Å². The van der Waals surface area contributed by atoms with Crippen molar-refractivity contribution in [3.8, 4) is 0 Å². The van der Waals surface area contributed by atoms with E-state index in [1.807, 2.05) is 79.7 Å². The summed E-state index contributed by atoms with van der Waals surface area (Å²) >= 11 is 0. The number of carbonyl (C=O) groups excluding carboxylic acids is 1. The lowest BCUT2D eigenvalue weighted by atomic mass is 9.84. The number of carbonyl (C=O) groups is 1. The zero-order chi connectivity index (χ0) is 15.3. The van der Waals surface area contributed by atoms with Gasteiger partial charge in [0, 0.05) is 0 Å². The largest absolute Gasteiger partial charge is 0.459 e. The van der Waals surface area contributed by atoms with Gasteiger partial charge in [0.05, 0.1) is 5.41 Å². The second-order valence-corrected chi connectivity index (χ2v) is 5.99. The molecule has 2 nitrogen and oxygen atoms in total. The Morgan fingerprint density at radius 2 is 1.37 bits per heavy atom. The van der Waals surface area contributed by atoms with Gasteiger partial charge in [-0.1, -0.05) is 43.7 Å². The van der Waals surface area contributed by atoms with Crippen LogP contribution in [0.4, 0.5) is 0 Å². The number of hydrogen-bond donors (Lipinski definition) is 0. The highest BCUT2D eigenvalue weighted by molar-refractivity contribution is 5.82. The first kappa shape index (κ1) is 17.7. The van der Waals surface area contributed by atoms with Crippen LogP contribution in [0.1, 0.15) is 59.6 Å². The lowest BCUT2D eigenvalue weighted by molar-refractivity contribution is -0.160. The van der Waals surface area contributed by atoms with Crippen molar-refractivity contribution in [1.82, 2.24) is 0 Å². The van der Waals surface area contributed by atoms with E-state index in [-0.39, 0.29) is 5.97 Å². The highest BCUT2D eigenvalue weighted by Crippen LogP contribution is 2.27. The zero-order valence-electron chi connectivity index (χ0n) is 13.6. The minimum Gasteiger partial charge on any atom is -0.459 e. The predicted molar refractivity (Wildman–Crippen MR) is 81.4 cm³/mol. The minimum absolute atomic E-state index is 0.186. The topological polar surface area (TPSA) is 26.3 Å². The van der Waals surface area contributed by atoms with Gasteiger partial charge < -0.3 is 4.74 Å². The van der Waals surface area contributed by atoms with Gasteiger partial charge in [-0.2, -0.15) is 0 Å². The molecule has 0 aliphatic rings. The molecule has 108 valence electrons. The third-order valence-corrected chi connectivity index (χ3v) is 2.68. The molecule has 1 aromatic carbocycles. The SMILES string of the molecule is CC.Cc1ccc(C(C)(C)C(=O)OC(C)(C)C)cc1. The molecule has 0 unspecified atom stereocenters. The molecular formula is C17H28O2. The molecule has 0 radical (unpaired) electrons. The summed E-state index contributed by atoms with van der Waals surface area (Å²) in [5, 5.41) is 0. The first-order chi connectivity index (χ1) is 8.63. The van der Waals surface area contributed by atoms with Gasteiger partial charge in [-0.25, -0.2) is 0 Å². The van der Waals surface area contributed by atoms with Crippen molar-refractivity contribution in [2.24, 2.45) is 0 Å². The van der Waals surface area contributed by atoms with Crippen molar-refractivity contribution in [3.63, 3.8) is 0 Å². The summed E-state index contributed by atoms with van der Waals surface area (Å²) in [5.74, 6) is -0.186. The monoisotopic (exact) mass is 264 g/mol. The number of hydrogen-bond acceptors (Lipinski definition) is 2. The number of aryl methyl sites for hydroxylation is 1. The van der Waals surface area contributed by atoms with Gasteiger partial charge in [0.1, 0.15) is 5.60 Å². The maximum absolute atomic E-state index is 12.1. The smallest absolute Gasteiger partial charge is 0.316 e. The Morgan fingerprint density at radius 3 is 1.74 bits per heavy atom. The highest BCUT2D eigenvalue weighted by Gasteiger charge is 2.34. The second kappa shape index (κ2) is 6.74. The van der Waals surface area contributed by atoms with E-state index in [0.717, 1.165) is 5.56 Å². The number of esters is 1. The summed E-state index contributed by atoms with van der Waals surface area (Å²) in [6.45, 7) is 15.5. The van der Waals surface area contributed by atoms with Gasteiger partial charge in [-0.15, -0.1) is 0 Å². The molecule has 0 atom stereocenters. The van der Waals surface area contributed by atoms with Crippen molar-refractivity contribution in [2.45, 2.75) is 66.4 Å². The Bertz CT molecular complexity index is 394. The lowest BCUT2D eigenvalue weighted by Gasteiger charge is -2.28. The van der Waals surface area contributed by atoms with Crippen molar-refractivity contribution < 1.29 is 9.53 Å². The highest BCUT2D eigenvalue weighted by atomic mass is 16.6. The summed E-state index contributed by atoms with van der Waals surface area (Å²) in [4.78, 5) is 12.1. The molecule has 0 N–H and O–H groups in total. The first-order valence-corrected chi connectivity index (χ1v) is 6.93. The average molecular weight is 264 g/mol. The second-order valence-electron chi connectivity index (χ2n) is 5.99. The zero-order valence-corrected chi connectivity index (χ0v) is 13.6. The van der Waals surface area contributed by atoms with Gasteiger partial charge in [-0.3, -0.25) is 4.79 Å². The molecule has 0 heterocycles. The molecule has 0 saturated carbocycles. The van der Waals surface area contributed by atoms with Crippen molar-refractivity contribution in [1.29, 1.82) is 0 Å². The van der Waals surface area contributed by atoms with Crippen LogP contribution in [0, 0.1) is 6.92 Å². The molecule has 0 aliphatic carbocycles. The standard InChI is InChI=1S/C15H22O2.C2H6/c1-11-7-9-12(10-8-11)15(5,6)13(16)17-14(2,3)4;1-2/h7-10H,1-6H3;1-2H3. The molecule has 0 aliphatic heterocycles. The summed E-state index contributed by atoms with van der Waals surface area (Å²) in [6, 6.07) is 8.00. The van der Waals surface area contributed by atoms with Crippen molar-refractivity contribution in [2.75, 3.05) is 0 Å². The summed E-state index contributed by atoms with van der Waals surface area (Å²) < 4.78 is 5.45. The first-order valence-electron chi connectivity index (χ1n) is 6.93. The summed E-state index contributed by atoms with van der Waals surface area (Å²) in [5.41, 5.74) is 1.12. The molecular weight excluding hydrogens is 236 g/mol. The van der Waals surface area contributed by atoms with Crippen LogP contribution in [-0.4, -0.2) is 11.6 Å². The van der Waals surface area contributed by atoms with Gasteiger partial charge in [0.25, 0.3) is 0 Å². The van der Waals surface area contributed by atoms with Crippen LogP contribution in [-0.2, 0) is 14.9 Å². The van der Waals surface area contributed by atoms with E-state index in [1.165, 1.54) is 5.56 Å². The van der Waals surface area contributed by atoms with Crippen LogP contribution in [0.2, 0.25) is 0 Å². The quantitative estimate of drug-likeness (QED) is 0.727. The molecule has 0 amide bonds. The maximum Gasteiger partial charge on any atom is 0.316 e. The molecule has 0 saturated heterocycles. The van der Waals surface area contributed by atoms with E-state index in [9.17, 15) is 4.79 Å². The molecule has 0 spiro atoms. The fourth-order valence-corrected chi connectivity index (χ4v) is 1.49. The Morgan fingerprint density at radius 1 is 0.947 bits per heavy atom. The predicted octanol–water partition coefficient (Wildman–Crippen LogP) is 4.64. The molecule has 2 heteroatoms. The van der Waals surface area contributed by atoms with Crippen LogP contribution < -0.4 is 0 Å². The Labute approximate surface area is 118 Å². The van der Waals surface area contributed by atoms with Crippen LogP contribution >= 0.6 is 0 Å². The Hall–Kier alpha value is -1.31. The van der Waals surface area contributed by atoms with Crippen molar-refractivity contribution in [3.05, 3.63) is 35.4 Å². The molecule has 0 aromatic heterocycles. The minimum atomic E-state index is -0.610. The van der Waals surface area contributed by atoms with Crippen LogP contribution in [0.5, 0.6) is 0 Å². The van der Waals surface area contributed by atoms with Gasteiger partial charge in [-0.05, 0) is 47.1 Å². The van der Waals surface area contributed by atoms with Crippen LogP contribution in [0.15, 0.2) is 24.3 Å². The van der Waals surface area contributed by atoms with E-state index >= 15 is 0 Å². The Kier molecular flexibility index (Phi) is 6.28. The lowest BCUT2D eigenvalue weighted by Crippen LogP contribution is -2.36. The molecule has 1 aromatic rings. The normalized spacial score (nSPS) is 11.4. The molecule has 19 heavy (non-hydrogen) atoms. The third kappa shape index (κ3) is 5.46. The fourth-order valence-electron chi connectivity index (χ4n) is 1.49. The molecule has 0 bridgehead atoms. The number of ether oxygens (including phenoxy) is 1. The Balaban J connectivity index is 0.00000154. The van der Waals surface area contributed by atoms with Gasteiger partial charge in [0.15, 0.2) is 0 Å². The van der Waals surface area contributed by atoms with Crippen molar-refractivity contribution >= 4 is 5.97 Å². The number of rotatable bonds is 2. The average Bonchev–Trinajstić information content (AvgIpc) is 2.30. The molecule has 0 fully saturated rings. The third-order valence-electron chi connectivity index (χ3n) is 2.68. The van der Waals surface area contributed by atoms with Gasteiger partial charge in [0.2, 0.25) is 0 Å². The van der Waals surface area contributed by atoms with E-state index in [1.54, 1.807) is 0 Å². The van der Waals surface area contributed by atoms with E-state index < -0.39 is 11.0 Å². The summed E-state index contributed by atoms with van der Waals surface area (Å²) in [7, 11) is 0. The van der Waals surface area contributed by atoms with E-state index in [2.05, 4.69) is 0 Å². The van der Waals surface area contributed by atoms with E-state index in [0.29, 0.717) is 0 Å². The molecule has 1 rings (SSSR count). The number of benzene rings is 1.